The summed E-state index contributed by atoms with van der Waals surface area (Å²) in [7, 11) is 1.85. The van der Waals surface area contributed by atoms with Crippen molar-refractivity contribution in [1.82, 2.24) is 5.32 Å². The van der Waals surface area contributed by atoms with E-state index in [0.717, 1.165) is 63.5 Å². The van der Waals surface area contributed by atoms with Crippen LogP contribution in [0.5, 0.6) is 0 Å². The number of hydrogen-bond acceptors (Lipinski definition) is 4. The van der Waals surface area contributed by atoms with E-state index >= 15 is 0 Å². The number of hydrogen-bond donors (Lipinski definition) is 2. The third kappa shape index (κ3) is 6.46. The fourth-order valence-electron chi connectivity index (χ4n) is 4.32. The molecule has 3 rings (SSSR count). The van der Waals surface area contributed by atoms with Crippen molar-refractivity contribution in [3.05, 3.63) is 29.8 Å². The van der Waals surface area contributed by atoms with E-state index in [2.05, 4.69) is 17.4 Å². The highest BCUT2D eigenvalue weighted by atomic mass is 16.6. The lowest BCUT2D eigenvalue weighted by atomic mass is 9.94. The van der Waals surface area contributed by atoms with Crippen molar-refractivity contribution in [1.29, 1.82) is 0 Å². The number of aryl methyl sites for hydroxylation is 1. The molecule has 2 aliphatic heterocycles. The third-order valence-electron chi connectivity index (χ3n) is 6.07. The second kappa shape index (κ2) is 10.1. The lowest BCUT2D eigenvalue weighted by Gasteiger charge is -2.37. The number of ether oxygens (including phenoxy) is 1. The normalized spacial score (nSPS) is 27.8. The van der Waals surface area contributed by atoms with Crippen LogP contribution in [0.15, 0.2) is 24.3 Å². The minimum atomic E-state index is -1.16. The van der Waals surface area contributed by atoms with E-state index in [1.54, 1.807) is 4.90 Å². The van der Waals surface area contributed by atoms with Crippen LogP contribution in [-0.2, 0) is 16.0 Å². The average Bonchev–Trinajstić information content (AvgIpc) is 2.68. The van der Waals surface area contributed by atoms with E-state index in [0.29, 0.717) is 19.3 Å². The van der Waals surface area contributed by atoms with Gasteiger partial charge in [-0.1, -0.05) is 31.4 Å². The van der Waals surface area contributed by atoms with Crippen molar-refractivity contribution in [3.63, 3.8) is 0 Å². The van der Waals surface area contributed by atoms with Crippen LogP contribution in [0.1, 0.15) is 76.2 Å². The topological polar surface area (TPSA) is 78.9 Å². The van der Waals surface area contributed by atoms with Gasteiger partial charge in [-0.2, -0.15) is 0 Å². The fourth-order valence-corrected chi connectivity index (χ4v) is 4.32. The molecule has 2 amide bonds. The first-order valence-electron chi connectivity index (χ1n) is 11.0. The molecule has 0 unspecified atom stereocenters. The summed E-state index contributed by atoms with van der Waals surface area (Å²) in [6.07, 6.45) is 9.06. The van der Waals surface area contributed by atoms with E-state index in [1.165, 1.54) is 5.56 Å². The second-order valence-corrected chi connectivity index (χ2v) is 8.52. The number of benzene rings is 1. The molecule has 160 valence electrons. The van der Waals surface area contributed by atoms with Crippen LogP contribution < -0.4 is 10.2 Å². The van der Waals surface area contributed by atoms with Gasteiger partial charge < -0.3 is 14.7 Å². The van der Waals surface area contributed by atoms with Gasteiger partial charge in [0, 0.05) is 25.6 Å². The Balaban J connectivity index is 1.64. The van der Waals surface area contributed by atoms with Gasteiger partial charge >= 0.3 is 6.09 Å². The summed E-state index contributed by atoms with van der Waals surface area (Å²) < 4.78 is 5.36. The van der Waals surface area contributed by atoms with Crippen molar-refractivity contribution in [2.24, 2.45) is 0 Å². The maximum Gasteiger partial charge on any atom is 0.409 e. The predicted octanol–water partition coefficient (Wildman–Crippen LogP) is 4.29. The summed E-state index contributed by atoms with van der Waals surface area (Å²) in [6, 6.07) is 8.25. The second-order valence-electron chi connectivity index (χ2n) is 8.52. The molecule has 0 spiro atoms. The van der Waals surface area contributed by atoms with Crippen molar-refractivity contribution in [2.75, 3.05) is 11.9 Å². The van der Waals surface area contributed by atoms with Crippen LogP contribution in [0.4, 0.5) is 10.5 Å². The van der Waals surface area contributed by atoms with Gasteiger partial charge in [0.15, 0.2) is 0 Å². The smallest absolute Gasteiger partial charge is 0.409 e. The molecule has 1 aromatic rings. The average molecular weight is 403 g/mol. The molecule has 2 heterocycles. The molecule has 0 saturated carbocycles. The number of rotatable bonds is 0. The lowest BCUT2D eigenvalue weighted by Crippen LogP contribution is -2.56. The molecule has 0 radical (unpaired) electrons. The summed E-state index contributed by atoms with van der Waals surface area (Å²) in [5.74, 6) is 0.128. The number of nitrogens with one attached hydrogen (secondary N) is 1. The summed E-state index contributed by atoms with van der Waals surface area (Å²) >= 11 is 0. The molecule has 1 fully saturated rings. The van der Waals surface area contributed by atoms with Crippen LogP contribution in [-0.4, -0.2) is 36.0 Å². The van der Waals surface area contributed by atoms with Gasteiger partial charge in [0.25, 0.3) is 0 Å². The standard InChI is InChI=1S/C23H34N2O4/c1-25-19-12-9-11-18(16-19)10-5-2-3-8-15-23(28)17-20(29-22(27)24-23)13-6-4-7-14-21(25)26/h9,11-12,16,20,28H,2-8,10,13-15,17H2,1H3,(H,24,27)/t20-,23-/m1/s1. The summed E-state index contributed by atoms with van der Waals surface area (Å²) in [6.45, 7) is 0. The number of alkyl carbamates (subject to hydrolysis) is 1. The minimum absolute atomic E-state index is 0.128. The Morgan fingerprint density at radius 1 is 1.07 bits per heavy atom. The first-order chi connectivity index (χ1) is 14.0. The van der Waals surface area contributed by atoms with Gasteiger partial charge in [-0.3, -0.25) is 10.1 Å². The minimum Gasteiger partial charge on any atom is -0.446 e. The molecule has 0 aromatic heterocycles. The van der Waals surface area contributed by atoms with Gasteiger partial charge in [0.1, 0.15) is 11.8 Å². The first-order valence-corrected chi connectivity index (χ1v) is 11.0. The third-order valence-corrected chi connectivity index (χ3v) is 6.07. The number of carbonyl (C=O) groups excluding carboxylic acids is 2. The molecule has 1 aromatic carbocycles. The molecular formula is C23H34N2O4. The molecule has 2 aliphatic rings. The number of amides is 2. The summed E-state index contributed by atoms with van der Waals surface area (Å²) in [5.41, 5.74) is 1.05. The molecule has 4 bridgehead atoms. The molecule has 0 aliphatic carbocycles. The maximum absolute atomic E-state index is 12.5. The van der Waals surface area contributed by atoms with Crippen molar-refractivity contribution < 1.29 is 19.4 Å². The first kappa shape index (κ1) is 21.6. The Bertz CT molecular complexity index is 708. The molecule has 1 saturated heterocycles. The zero-order chi connectivity index (χ0) is 20.7. The Labute approximate surface area is 173 Å². The van der Waals surface area contributed by atoms with E-state index in [4.69, 9.17) is 4.74 Å². The Morgan fingerprint density at radius 2 is 1.83 bits per heavy atom. The highest BCUT2D eigenvalue weighted by molar-refractivity contribution is 5.92. The number of carbonyl (C=O) groups is 2. The van der Waals surface area contributed by atoms with Crippen molar-refractivity contribution >= 4 is 17.7 Å². The van der Waals surface area contributed by atoms with E-state index in [1.807, 2.05) is 19.2 Å². The van der Waals surface area contributed by atoms with Gasteiger partial charge in [-0.15, -0.1) is 0 Å². The number of anilines is 1. The van der Waals surface area contributed by atoms with Crippen LogP contribution >= 0.6 is 0 Å². The van der Waals surface area contributed by atoms with Gasteiger partial charge in [0.2, 0.25) is 5.91 Å². The molecule has 2 atom stereocenters. The van der Waals surface area contributed by atoms with Crippen LogP contribution in [0.25, 0.3) is 0 Å². The lowest BCUT2D eigenvalue weighted by molar-refractivity contribution is -0.118. The highest BCUT2D eigenvalue weighted by Crippen LogP contribution is 2.27. The summed E-state index contributed by atoms with van der Waals surface area (Å²) in [4.78, 5) is 26.2. The summed E-state index contributed by atoms with van der Waals surface area (Å²) in [5, 5.41) is 13.4. The molecule has 29 heavy (non-hydrogen) atoms. The largest absolute Gasteiger partial charge is 0.446 e. The molecular weight excluding hydrogens is 368 g/mol. The predicted molar refractivity (Wildman–Crippen MR) is 113 cm³/mol. The highest BCUT2D eigenvalue weighted by Gasteiger charge is 2.38. The van der Waals surface area contributed by atoms with Crippen LogP contribution in [0.2, 0.25) is 0 Å². The Morgan fingerprint density at radius 3 is 2.69 bits per heavy atom. The van der Waals surface area contributed by atoms with Crippen LogP contribution in [0.3, 0.4) is 0 Å². The molecule has 6 nitrogen and oxygen atoms in total. The van der Waals surface area contributed by atoms with E-state index in [-0.39, 0.29) is 12.0 Å². The molecule has 2 N–H and O–H groups in total. The number of aliphatic hydroxyl groups is 1. The van der Waals surface area contributed by atoms with E-state index in [9.17, 15) is 14.7 Å². The van der Waals surface area contributed by atoms with Crippen molar-refractivity contribution in [3.8, 4) is 0 Å². The Kier molecular flexibility index (Phi) is 7.53. The zero-order valence-corrected chi connectivity index (χ0v) is 17.5. The van der Waals surface area contributed by atoms with Crippen LogP contribution in [0, 0.1) is 0 Å². The van der Waals surface area contributed by atoms with Gasteiger partial charge in [-0.05, 0) is 62.6 Å². The number of fused-ring (bicyclic) bond motifs is 4. The monoisotopic (exact) mass is 402 g/mol. The SMILES string of the molecule is CN1C(=O)CCCCC[C@@H]2C[C@](O)(CCCCCCc3cccc1c3)NC(=O)O2. The molecule has 6 heteroatoms. The van der Waals surface area contributed by atoms with Gasteiger partial charge in [0.05, 0.1) is 0 Å². The van der Waals surface area contributed by atoms with E-state index < -0.39 is 11.8 Å². The van der Waals surface area contributed by atoms with Crippen molar-refractivity contribution in [2.45, 2.75) is 88.9 Å². The number of nitrogens with zero attached hydrogens (tertiary/aromatic N) is 1. The quantitative estimate of drug-likeness (QED) is 0.678. The van der Waals surface area contributed by atoms with Gasteiger partial charge in [-0.25, -0.2) is 4.79 Å². The Hall–Kier alpha value is -2.08. The fraction of sp³-hybridized carbons (Fsp3) is 0.652. The maximum atomic E-state index is 12.5. The zero-order valence-electron chi connectivity index (χ0n) is 17.5.